The van der Waals surface area contributed by atoms with Gasteiger partial charge in [0.2, 0.25) is 5.95 Å². The normalized spacial score (nSPS) is 18.7. The van der Waals surface area contributed by atoms with E-state index in [4.69, 9.17) is 9.97 Å². The van der Waals surface area contributed by atoms with Crippen molar-refractivity contribution in [2.24, 2.45) is 13.0 Å². The van der Waals surface area contributed by atoms with E-state index in [-0.39, 0.29) is 5.91 Å². The van der Waals surface area contributed by atoms with Gasteiger partial charge in [0, 0.05) is 39.1 Å². The van der Waals surface area contributed by atoms with Crippen LogP contribution in [0.5, 0.6) is 0 Å². The number of nitrogens with zero attached hydrogens (tertiary/aromatic N) is 5. The number of hydrogen-bond donors (Lipinski definition) is 2. The highest BCUT2D eigenvalue weighted by molar-refractivity contribution is 5.92. The summed E-state index contributed by atoms with van der Waals surface area (Å²) in [6, 6.07) is 10.3. The molecule has 0 atom stereocenters. The van der Waals surface area contributed by atoms with Crippen LogP contribution in [0.4, 0.5) is 11.8 Å². The molecule has 8 heteroatoms. The van der Waals surface area contributed by atoms with Gasteiger partial charge < -0.3 is 15.5 Å². The summed E-state index contributed by atoms with van der Waals surface area (Å²) in [6.07, 6.45) is 4.21. The van der Waals surface area contributed by atoms with E-state index in [1.807, 2.05) is 50.2 Å². The van der Waals surface area contributed by atoms with Gasteiger partial charge in [0.1, 0.15) is 11.5 Å². The first kappa shape index (κ1) is 21.1. The molecule has 2 heterocycles. The second kappa shape index (κ2) is 8.91. The number of aryl methyl sites for hydroxylation is 2. The number of para-hydroxylation sites is 1. The predicted octanol–water partition coefficient (Wildman–Crippen LogP) is 3.14. The molecule has 2 aromatic heterocycles. The van der Waals surface area contributed by atoms with Crippen LogP contribution in [0.1, 0.15) is 41.9 Å². The average Bonchev–Trinajstić information content (AvgIpc) is 3.10. The van der Waals surface area contributed by atoms with Gasteiger partial charge >= 0.3 is 0 Å². The van der Waals surface area contributed by atoms with E-state index in [1.165, 1.54) is 0 Å². The van der Waals surface area contributed by atoms with Crippen molar-refractivity contribution in [2.75, 3.05) is 30.9 Å². The van der Waals surface area contributed by atoms with Crippen LogP contribution in [0.25, 0.3) is 10.9 Å². The monoisotopic (exact) mass is 421 g/mol. The molecule has 2 N–H and O–H groups in total. The van der Waals surface area contributed by atoms with Crippen LogP contribution < -0.4 is 15.5 Å². The van der Waals surface area contributed by atoms with Crippen molar-refractivity contribution in [3.63, 3.8) is 0 Å². The van der Waals surface area contributed by atoms with Crippen LogP contribution in [0.15, 0.2) is 30.3 Å². The predicted molar refractivity (Wildman–Crippen MR) is 124 cm³/mol. The van der Waals surface area contributed by atoms with E-state index in [2.05, 4.69) is 21.8 Å². The fourth-order valence-electron chi connectivity index (χ4n) is 4.31. The third-order valence-corrected chi connectivity index (χ3v) is 5.97. The zero-order chi connectivity index (χ0) is 22.0. The molecule has 1 saturated carbocycles. The van der Waals surface area contributed by atoms with Crippen LogP contribution >= 0.6 is 0 Å². The Balaban J connectivity index is 1.32. The zero-order valence-corrected chi connectivity index (χ0v) is 18.7. The van der Waals surface area contributed by atoms with Gasteiger partial charge in [-0.25, -0.2) is 4.98 Å². The second-order valence-electron chi connectivity index (χ2n) is 8.65. The smallest absolute Gasteiger partial charge is 0.269 e. The lowest BCUT2D eigenvalue weighted by atomic mass is 9.86. The molecule has 1 aromatic carbocycles. The molecule has 164 valence electrons. The molecule has 0 unspecified atom stereocenters. The Bertz CT molecular complexity index is 1070. The van der Waals surface area contributed by atoms with Crippen molar-refractivity contribution in [1.29, 1.82) is 0 Å². The Morgan fingerprint density at radius 3 is 2.58 bits per heavy atom. The summed E-state index contributed by atoms with van der Waals surface area (Å²) in [5.74, 6) is 2.05. The summed E-state index contributed by atoms with van der Waals surface area (Å²) >= 11 is 0. The standard InChI is InChI=1S/C23H31N7O/c1-15-13-20(30(4)28-15)22(31)24-14-16-9-11-17(12-10-16)25-23-26-19-8-6-5-7-18(19)21(27-23)29(2)3/h5-8,13,16-17H,9-12,14H2,1-4H3,(H,24,31)(H,25,26,27)/t16-,17+. The molecule has 3 aromatic rings. The topological polar surface area (TPSA) is 88.0 Å². The lowest BCUT2D eigenvalue weighted by Gasteiger charge is -2.29. The third kappa shape index (κ3) is 4.78. The van der Waals surface area contributed by atoms with E-state index in [0.717, 1.165) is 48.1 Å². The van der Waals surface area contributed by atoms with Gasteiger partial charge in [-0.3, -0.25) is 9.48 Å². The van der Waals surface area contributed by atoms with Crippen molar-refractivity contribution in [3.8, 4) is 0 Å². The van der Waals surface area contributed by atoms with Crippen molar-refractivity contribution in [3.05, 3.63) is 41.7 Å². The van der Waals surface area contributed by atoms with E-state index >= 15 is 0 Å². The molecule has 1 aliphatic rings. The summed E-state index contributed by atoms with van der Waals surface area (Å²) in [5, 5.41) is 11.9. The first-order valence-corrected chi connectivity index (χ1v) is 10.9. The van der Waals surface area contributed by atoms with Crippen molar-refractivity contribution < 1.29 is 4.79 Å². The van der Waals surface area contributed by atoms with E-state index in [9.17, 15) is 4.79 Å². The van der Waals surface area contributed by atoms with Gasteiger partial charge in [0.25, 0.3) is 5.91 Å². The van der Waals surface area contributed by atoms with Gasteiger partial charge in [-0.2, -0.15) is 10.1 Å². The minimum atomic E-state index is -0.0517. The number of nitrogens with one attached hydrogen (secondary N) is 2. The molecule has 1 aliphatic carbocycles. The highest BCUT2D eigenvalue weighted by Crippen LogP contribution is 2.28. The van der Waals surface area contributed by atoms with Gasteiger partial charge in [-0.1, -0.05) is 12.1 Å². The quantitative estimate of drug-likeness (QED) is 0.636. The Labute approximate surface area is 183 Å². The van der Waals surface area contributed by atoms with Gasteiger partial charge in [0.05, 0.1) is 11.2 Å². The fraction of sp³-hybridized carbons (Fsp3) is 0.478. The lowest BCUT2D eigenvalue weighted by Crippen LogP contribution is -2.34. The van der Waals surface area contributed by atoms with Crippen LogP contribution in [0.2, 0.25) is 0 Å². The summed E-state index contributed by atoms with van der Waals surface area (Å²) in [6.45, 7) is 2.60. The molecular formula is C23H31N7O. The highest BCUT2D eigenvalue weighted by Gasteiger charge is 2.23. The number of benzene rings is 1. The summed E-state index contributed by atoms with van der Waals surface area (Å²) < 4.78 is 1.64. The Morgan fingerprint density at radius 1 is 1.16 bits per heavy atom. The minimum Gasteiger partial charge on any atom is -0.362 e. The number of carbonyl (C=O) groups is 1. The van der Waals surface area contributed by atoms with Crippen LogP contribution in [0.3, 0.4) is 0 Å². The number of anilines is 2. The Morgan fingerprint density at radius 2 is 1.90 bits per heavy atom. The first-order chi connectivity index (χ1) is 14.9. The molecule has 0 saturated heterocycles. The molecule has 1 amide bonds. The van der Waals surface area contributed by atoms with Gasteiger partial charge in [-0.15, -0.1) is 0 Å². The summed E-state index contributed by atoms with van der Waals surface area (Å²) in [5.41, 5.74) is 2.41. The van der Waals surface area contributed by atoms with E-state index in [1.54, 1.807) is 11.7 Å². The van der Waals surface area contributed by atoms with E-state index < -0.39 is 0 Å². The third-order valence-electron chi connectivity index (χ3n) is 5.97. The maximum absolute atomic E-state index is 12.4. The van der Waals surface area contributed by atoms with Crippen LogP contribution in [-0.4, -0.2) is 52.3 Å². The molecule has 0 radical (unpaired) electrons. The SMILES string of the molecule is Cc1cc(C(=O)NC[C@H]2CC[C@@H](Nc3nc(N(C)C)c4ccccc4n3)CC2)n(C)n1. The number of aromatic nitrogens is 4. The number of carbonyl (C=O) groups excluding carboxylic acids is 1. The Hall–Kier alpha value is -3.16. The molecule has 0 bridgehead atoms. The summed E-state index contributed by atoms with van der Waals surface area (Å²) in [7, 11) is 5.81. The molecule has 1 fully saturated rings. The van der Waals surface area contributed by atoms with Crippen molar-refractivity contribution >= 4 is 28.6 Å². The number of rotatable bonds is 6. The Kier molecular flexibility index (Phi) is 6.06. The van der Waals surface area contributed by atoms with Crippen molar-refractivity contribution in [2.45, 2.75) is 38.6 Å². The van der Waals surface area contributed by atoms with Crippen LogP contribution in [0, 0.1) is 12.8 Å². The maximum atomic E-state index is 12.4. The second-order valence-corrected chi connectivity index (χ2v) is 8.65. The molecule has 0 aliphatic heterocycles. The number of hydrogen-bond acceptors (Lipinski definition) is 6. The molecule has 4 rings (SSSR count). The largest absolute Gasteiger partial charge is 0.362 e. The molecule has 8 nitrogen and oxygen atoms in total. The van der Waals surface area contributed by atoms with E-state index in [0.29, 0.717) is 30.1 Å². The van der Waals surface area contributed by atoms with Gasteiger partial charge in [-0.05, 0) is 56.7 Å². The first-order valence-electron chi connectivity index (χ1n) is 10.9. The average molecular weight is 422 g/mol. The number of amides is 1. The van der Waals surface area contributed by atoms with Gasteiger partial charge in [0.15, 0.2) is 0 Å². The minimum absolute atomic E-state index is 0.0517. The lowest BCUT2D eigenvalue weighted by molar-refractivity contribution is 0.0934. The highest BCUT2D eigenvalue weighted by atomic mass is 16.2. The maximum Gasteiger partial charge on any atom is 0.269 e. The molecule has 31 heavy (non-hydrogen) atoms. The summed E-state index contributed by atoms with van der Waals surface area (Å²) in [4.78, 5) is 23.9. The van der Waals surface area contributed by atoms with Crippen LogP contribution in [-0.2, 0) is 7.05 Å². The molecular weight excluding hydrogens is 390 g/mol. The molecule has 0 spiro atoms. The fourth-order valence-corrected chi connectivity index (χ4v) is 4.31. The van der Waals surface area contributed by atoms with Crippen molar-refractivity contribution in [1.82, 2.24) is 25.1 Å². The number of fused-ring (bicyclic) bond motifs is 1. The zero-order valence-electron chi connectivity index (χ0n) is 18.7.